The average molecular weight is 238 g/mol. The van der Waals surface area contributed by atoms with E-state index in [2.05, 4.69) is 5.32 Å². The number of likely N-dealkylation sites (N-methyl/N-ethyl adjacent to an activating group) is 1. The fraction of sp³-hybridized carbons (Fsp3) is 0.583. The van der Waals surface area contributed by atoms with Crippen LogP contribution in [0.25, 0.3) is 0 Å². The molecule has 1 amide bonds. The summed E-state index contributed by atoms with van der Waals surface area (Å²) in [6, 6.07) is 4.40. The summed E-state index contributed by atoms with van der Waals surface area (Å²) in [6.45, 7) is 3.93. The second-order valence-electron chi connectivity index (χ2n) is 4.39. The highest BCUT2D eigenvalue weighted by Gasteiger charge is 2.20. The zero-order valence-electron chi connectivity index (χ0n) is 9.82. The van der Waals surface area contributed by atoms with Crippen molar-refractivity contribution >= 4 is 17.2 Å². The number of carbonyl (C=O) groups is 1. The number of amides is 1. The van der Waals surface area contributed by atoms with E-state index in [1.54, 1.807) is 11.3 Å². The van der Waals surface area contributed by atoms with Gasteiger partial charge in [-0.2, -0.15) is 0 Å². The van der Waals surface area contributed by atoms with Gasteiger partial charge in [-0.25, -0.2) is 0 Å². The first-order chi connectivity index (χ1) is 7.66. The summed E-state index contributed by atoms with van der Waals surface area (Å²) in [5.41, 5.74) is 0. The molecule has 4 heteroatoms. The number of aryl methyl sites for hydroxylation is 1. The Morgan fingerprint density at radius 3 is 3.00 bits per heavy atom. The van der Waals surface area contributed by atoms with Crippen LogP contribution in [0.15, 0.2) is 12.1 Å². The molecule has 0 radical (unpaired) electrons. The quantitative estimate of drug-likeness (QED) is 0.872. The van der Waals surface area contributed by atoms with Crippen LogP contribution in [0.1, 0.15) is 27.4 Å². The summed E-state index contributed by atoms with van der Waals surface area (Å²) in [4.78, 5) is 15.9. The Morgan fingerprint density at radius 2 is 2.44 bits per heavy atom. The monoisotopic (exact) mass is 238 g/mol. The smallest absolute Gasteiger partial charge is 0.263 e. The van der Waals surface area contributed by atoms with Crippen LogP contribution in [-0.4, -0.2) is 37.0 Å². The number of nitrogens with one attached hydrogen (secondary N) is 1. The molecule has 1 unspecified atom stereocenters. The van der Waals surface area contributed by atoms with E-state index in [1.807, 2.05) is 31.0 Å². The Kier molecular flexibility index (Phi) is 3.61. The molecule has 1 aromatic rings. The fourth-order valence-electron chi connectivity index (χ4n) is 2.06. The fourth-order valence-corrected chi connectivity index (χ4v) is 2.93. The van der Waals surface area contributed by atoms with E-state index in [0.29, 0.717) is 6.04 Å². The molecule has 2 heterocycles. The van der Waals surface area contributed by atoms with Crippen molar-refractivity contribution in [2.75, 3.05) is 20.1 Å². The molecule has 0 saturated carbocycles. The van der Waals surface area contributed by atoms with Crippen LogP contribution in [0.4, 0.5) is 0 Å². The maximum atomic E-state index is 12.1. The first-order valence-corrected chi connectivity index (χ1v) is 6.54. The van der Waals surface area contributed by atoms with E-state index < -0.39 is 0 Å². The molecule has 2 rings (SSSR count). The van der Waals surface area contributed by atoms with Crippen LogP contribution in [0.2, 0.25) is 0 Å². The molecule has 0 aromatic carbocycles. The molecule has 0 aliphatic carbocycles. The van der Waals surface area contributed by atoms with E-state index in [9.17, 15) is 4.79 Å². The predicted molar refractivity (Wildman–Crippen MR) is 67.0 cm³/mol. The zero-order valence-corrected chi connectivity index (χ0v) is 10.6. The van der Waals surface area contributed by atoms with Crippen molar-refractivity contribution in [2.45, 2.75) is 25.8 Å². The lowest BCUT2D eigenvalue weighted by molar-refractivity contribution is 0.0788. The molecular weight excluding hydrogens is 220 g/mol. The van der Waals surface area contributed by atoms with E-state index in [0.717, 1.165) is 18.0 Å². The molecular formula is C12H18N2OS. The summed E-state index contributed by atoms with van der Waals surface area (Å²) in [5, 5.41) is 3.41. The maximum Gasteiger partial charge on any atom is 0.263 e. The first-order valence-electron chi connectivity index (χ1n) is 5.72. The number of hydrogen-bond acceptors (Lipinski definition) is 3. The van der Waals surface area contributed by atoms with Gasteiger partial charge >= 0.3 is 0 Å². The van der Waals surface area contributed by atoms with Gasteiger partial charge in [-0.3, -0.25) is 4.79 Å². The van der Waals surface area contributed by atoms with Gasteiger partial charge in [-0.15, -0.1) is 11.3 Å². The molecule has 1 aliphatic heterocycles. The number of rotatable bonds is 3. The van der Waals surface area contributed by atoms with E-state index in [-0.39, 0.29) is 5.91 Å². The van der Waals surface area contributed by atoms with Gasteiger partial charge in [0.05, 0.1) is 4.88 Å². The number of hydrogen-bond donors (Lipinski definition) is 1. The van der Waals surface area contributed by atoms with Gasteiger partial charge in [0.15, 0.2) is 0 Å². The van der Waals surface area contributed by atoms with Crippen molar-refractivity contribution in [1.29, 1.82) is 0 Å². The average Bonchev–Trinajstić information content (AvgIpc) is 2.88. The minimum atomic E-state index is 0.145. The largest absolute Gasteiger partial charge is 0.339 e. The third-order valence-electron chi connectivity index (χ3n) is 2.95. The third kappa shape index (κ3) is 2.62. The zero-order chi connectivity index (χ0) is 11.5. The van der Waals surface area contributed by atoms with Crippen LogP contribution < -0.4 is 5.32 Å². The van der Waals surface area contributed by atoms with E-state index >= 15 is 0 Å². The molecule has 1 fully saturated rings. The molecule has 1 aromatic heterocycles. The van der Waals surface area contributed by atoms with Gasteiger partial charge in [-0.1, -0.05) is 0 Å². The van der Waals surface area contributed by atoms with Gasteiger partial charge < -0.3 is 10.2 Å². The van der Waals surface area contributed by atoms with Crippen molar-refractivity contribution in [3.63, 3.8) is 0 Å². The first kappa shape index (κ1) is 11.6. The van der Waals surface area contributed by atoms with Crippen LogP contribution in [0.3, 0.4) is 0 Å². The Hall–Kier alpha value is -0.870. The number of thiophene rings is 1. The Bertz CT molecular complexity index is 369. The van der Waals surface area contributed by atoms with Gasteiger partial charge in [0.2, 0.25) is 0 Å². The molecule has 1 saturated heterocycles. The highest BCUT2D eigenvalue weighted by atomic mass is 32.1. The standard InChI is InChI=1S/C12H18N2OS/c1-9-5-6-11(16-9)12(15)14(2)8-10-4-3-7-13-10/h5-6,10,13H,3-4,7-8H2,1-2H3. The van der Waals surface area contributed by atoms with Gasteiger partial charge in [0.25, 0.3) is 5.91 Å². The Labute approximate surface area is 100 Å². The van der Waals surface area contributed by atoms with Crippen molar-refractivity contribution in [2.24, 2.45) is 0 Å². The summed E-state index contributed by atoms with van der Waals surface area (Å²) < 4.78 is 0. The lowest BCUT2D eigenvalue weighted by Gasteiger charge is -2.20. The molecule has 1 aliphatic rings. The minimum Gasteiger partial charge on any atom is -0.339 e. The molecule has 0 spiro atoms. The lowest BCUT2D eigenvalue weighted by atomic mass is 10.2. The van der Waals surface area contributed by atoms with Crippen molar-refractivity contribution in [3.8, 4) is 0 Å². The molecule has 88 valence electrons. The van der Waals surface area contributed by atoms with Gasteiger partial charge in [-0.05, 0) is 38.4 Å². The second-order valence-corrected chi connectivity index (χ2v) is 5.68. The highest BCUT2D eigenvalue weighted by Crippen LogP contribution is 2.17. The van der Waals surface area contributed by atoms with E-state index in [1.165, 1.54) is 17.7 Å². The van der Waals surface area contributed by atoms with Crippen molar-refractivity contribution < 1.29 is 4.79 Å². The summed E-state index contributed by atoms with van der Waals surface area (Å²) in [5.74, 6) is 0.145. The summed E-state index contributed by atoms with van der Waals surface area (Å²) in [6.07, 6.45) is 2.41. The minimum absolute atomic E-state index is 0.145. The van der Waals surface area contributed by atoms with Crippen LogP contribution >= 0.6 is 11.3 Å². The molecule has 16 heavy (non-hydrogen) atoms. The van der Waals surface area contributed by atoms with Gasteiger partial charge in [0.1, 0.15) is 0 Å². The summed E-state index contributed by atoms with van der Waals surface area (Å²) >= 11 is 1.57. The Balaban J connectivity index is 1.93. The predicted octanol–water partition coefficient (Wildman–Crippen LogP) is 1.88. The normalized spacial score (nSPS) is 20.0. The highest BCUT2D eigenvalue weighted by molar-refractivity contribution is 7.13. The molecule has 1 N–H and O–H groups in total. The van der Waals surface area contributed by atoms with Crippen LogP contribution in [0, 0.1) is 6.92 Å². The van der Waals surface area contributed by atoms with Crippen molar-refractivity contribution in [3.05, 3.63) is 21.9 Å². The van der Waals surface area contributed by atoms with Crippen LogP contribution in [0.5, 0.6) is 0 Å². The molecule has 3 nitrogen and oxygen atoms in total. The Morgan fingerprint density at radius 1 is 1.62 bits per heavy atom. The summed E-state index contributed by atoms with van der Waals surface area (Å²) in [7, 11) is 1.89. The van der Waals surface area contributed by atoms with Crippen molar-refractivity contribution in [1.82, 2.24) is 10.2 Å². The number of nitrogens with zero attached hydrogens (tertiary/aromatic N) is 1. The lowest BCUT2D eigenvalue weighted by Crippen LogP contribution is -2.38. The van der Waals surface area contributed by atoms with E-state index in [4.69, 9.17) is 0 Å². The SMILES string of the molecule is Cc1ccc(C(=O)N(C)CC2CCCN2)s1. The van der Waals surface area contributed by atoms with Crippen LogP contribution in [-0.2, 0) is 0 Å². The topological polar surface area (TPSA) is 32.3 Å². The number of carbonyl (C=O) groups excluding carboxylic acids is 1. The third-order valence-corrected chi connectivity index (χ3v) is 3.94. The molecule has 0 bridgehead atoms. The van der Waals surface area contributed by atoms with Gasteiger partial charge in [0, 0.05) is 24.5 Å². The maximum absolute atomic E-state index is 12.1. The second kappa shape index (κ2) is 4.97. The molecule has 1 atom stereocenters.